The average molecular weight is 287 g/mol. The zero-order valence-corrected chi connectivity index (χ0v) is 12.5. The smallest absolute Gasteiger partial charge is 0.264 e. The standard InChI is InChI=1S/C16H21N3O2/c1-10(2)16-18-15(21-19-16)9-20-12-6-7-13-11(8-12)4-3-5-14(13)17/h6-8,10,14H,3-5,9,17H2,1-2H3. The van der Waals surface area contributed by atoms with E-state index < -0.39 is 0 Å². The highest BCUT2D eigenvalue weighted by Gasteiger charge is 2.17. The molecule has 5 heteroatoms. The number of benzene rings is 1. The van der Waals surface area contributed by atoms with Gasteiger partial charge in [0.25, 0.3) is 5.89 Å². The fourth-order valence-corrected chi connectivity index (χ4v) is 2.62. The van der Waals surface area contributed by atoms with Crippen LogP contribution in [0.1, 0.15) is 61.5 Å². The van der Waals surface area contributed by atoms with E-state index in [9.17, 15) is 0 Å². The molecule has 0 saturated carbocycles. The number of ether oxygens (including phenoxy) is 1. The van der Waals surface area contributed by atoms with Gasteiger partial charge >= 0.3 is 0 Å². The highest BCUT2D eigenvalue weighted by molar-refractivity contribution is 5.38. The highest BCUT2D eigenvalue weighted by atomic mass is 16.5. The first kappa shape index (κ1) is 14.1. The molecule has 1 aromatic carbocycles. The predicted molar refractivity (Wildman–Crippen MR) is 79.0 cm³/mol. The largest absolute Gasteiger partial charge is 0.484 e. The van der Waals surface area contributed by atoms with Gasteiger partial charge in [-0.3, -0.25) is 0 Å². The van der Waals surface area contributed by atoms with Crippen LogP contribution in [-0.4, -0.2) is 10.1 Å². The van der Waals surface area contributed by atoms with Gasteiger partial charge in [0, 0.05) is 12.0 Å². The first-order chi connectivity index (χ1) is 10.1. The first-order valence-corrected chi connectivity index (χ1v) is 7.47. The summed E-state index contributed by atoms with van der Waals surface area (Å²) in [5.41, 5.74) is 8.65. The molecule has 1 aromatic heterocycles. The van der Waals surface area contributed by atoms with Gasteiger partial charge in [-0.05, 0) is 42.5 Å². The summed E-state index contributed by atoms with van der Waals surface area (Å²) in [5, 5.41) is 3.93. The Kier molecular flexibility index (Phi) is 3.92. The van der Waals surface area contributed by atoms with E-state index in [1.807, 2.05) is 19.9 Å². The van der Waals surface area contributed by atoms with Gasteiger partial charge < -0.3 is 15.0 Å². The van der Waals surface area contributed by atoms with Gasteiger partial charge in [0.1, 0.15) is 5.75 Å². The molecule has 112 valence electrons. The lowest BCUT2D eigenvalue weighted by Crippen LogP contribution is -2.17. The number of hydrogen-bond donors (Lipinski definition) is 1. The molecule has 1 atom stereocenters. The van der Waals surface area contributed by atoms with Crippen molar-refractivity contribution < 1.29 is 9.26 Å². The van der Waals surface area contributed by atoms with E-state index in [-0.39, 0.29) is 12.0 Å². The van der Waals surface area contributed by atoms with Gasteiger partial charge in [-0.15, -0.1) is 0 Å². The summed E-state index contributed by atoms with van der Waals surface area (Å²) in [6, 6.07) is 6.27. The van der Waals surface area contributed by atoms with E-state index in [1.54, 1.807) is 0 Å². The second-order valence-corrected chi connectivity index (χ2v) is 5.85. The Hall–Kier alpha value is -1.88. The van der Waals surface area contributed by atoms with Crippen LogP contribution in [0.3, 0.4) is 0 Å². The quantitative estimate of drug-likeness (QED) is 0.935. The number of nitrogens with two attached hydrogens (primary N) is 1. The maximum absolute atomic E-state index is 6.12. The summed E-state index contributed by atoms with van der Waals surface area (Å²) in [6.45, 7) is 4.36. The number of nitrogens with zero attached hydrogens (tertiary/aromatic N) is 2. The second kappa shape index (κ2) is 5.85. The van der Waals surface area contributed by atoms with E-state index in [2.05, 4.69) is 22.3 Å². The number of rotatable bonds is 4. The lowest BCUT2D eigenvalue weighted by Gasteiger charge is -2.22. The predicted octanol–water partition coefficient (Wildman–Crippen LogP) is 3.11. The lowest BCUT2D eigenvalue weighted by molar-refractivity contribution is 0.242. The normalized spacial score (nSPS) is 17.8. The van der Waals surface area contributed by atoms with Crippen LogP contribution >= 0.6 is 0 Å². The summed E-state index contributed by atoms with van der Waals surface area (Å²) in [5.74, 6) is 2.30. The molecule has 0 spiro atoms. The van der Waals surface area contributed by atoms with E-state index in [1.165, 1.54) is 11.1 Å². The molecule has 2 aromatic rings. The summed E-state index contributed by atoms with van der Waals surface area (Å²) in [7, 11) is 0. The van der Waals surface area contributed by atoms with Crippen LogP contribution in [0.15, 0.2) is 22.7 Å². The third-order valence-corrected chi connectivity index (χ3v) is 3.84. The molecule has 1 heterocycles. The Bertz CT molecular complexity index is 622. The minimum atomic E-state index is 0.160. The molecule has 0 aliphatic heterocycles. The van der Waals surface area contributed by atoms with Crippen molar-refractivity contribution in [3.05, 3.63) is 41.0 Å². The Balaban J connectivity index is 1.67. The van der Waals surface area contributed by atoms with Crippen LogP contribution in [0.25, 0.3) is 0 Å². The fourth-order valence-electron chi connectivity index (χ4n) is 2.62. The molecule has 1 aliphatic rings. The van der Waals surface area contributed by atoms with Crippen molar-refractivity contribution in [2.75, 3.05) is 0 Å². The van der Waals surface area contributed by atoms with E-state index in [0.717, 1.165) is 25.0 Å². The molecular weight excluding hydrogens is 266 g/mol. The summed E-state index contributed by atoms with van der Waals surface area (Å²) < 4.78 is 10.9. The molecule has 2 N–H and O–H groups in total. The maximum atomic E-state index is 6.12. The molecular formula is C16H21N3O2. The minimum absolute atomic E-state index is 0.160. The van der Waals surface area contributed by atoms with E-state index >= 15 is 0 Å². The van der Waals surface area contributed by atoms with Crippen molar-refractivity contribution >= 4 is 0 Å². The van der Waals surface area contributed by atoms with Crippen LogP contribution < -0.4 is 10.5 Å². The Labute approximate surface area is 124 Å². The van der Waals surface area contributed by atoms with Gasteiger partial charge in [-0.25, -0.2) is 0 Å². The van der Waals surface area contributed by atoms with Gasteiger partial charge in [0.15, 0.2) is 12.4 Å². The number of aryl methyl sites for hydroxylation is 1. The highest BCUT2D eigenvalue weighted by Crippen LogP contribution is 2.30. The molecule has 21 heavy (non-hydrogen) atoms. The third kappa shape index (κ3) is 3.08. The summed E-state index contributed by atoms with van der Waals surface area (Å²) in [4.78, 5) is 4.30. The van der Waals surface area contributed by atoms with E-state index in [0.29, 0.717) is 18.3 Å². The van der Waals surface area contributed by atoms with Crippen molar-refractivity contribution in [1.82, 2.24) is 10.1 Å². The van der Waals surface area contributed by atoms with Crippen LogP contribution in [0, 0.1) is 0 Å². The number of aromatic nitrogens is 2. The molecule has 0 amide bonds. The molecule has 1 unspecified atom stereocenters. The molecule has 0 radical (unpaired) electrons. The van der Waals surface area contributed by atoms with E-state index in [4.69, 9.17) is 15.0 Å². The number of hydrogen-bond acceptors (Lipinski definition) is 5. The average Bonchev–Trinajstić information content (AvgIpc) is 2.94. The molecule has 0 saturated heterocycles. The van der Waals surface area contributed by atoms with Gasteiger partial charge in [0.05, 0.1) is 0 Å². The third-order valence-electron chi connectivity index (χ3n) is 3.84. The van der Waals surface area contributed by atoms with Crippen molar-refractivity contribution in [2.45, 2.75) is 51.7 Å². The van der Waals surface area contributed by atoms with Crippen molar-refractivity contribution in [3.8, 4) is 5.75 Å². The van der Waals surface area contributed by atoms with Crippen LogP contribution in [-0.2, 0) is 13.0 Å². The van der Waals surface area contributed by atoms with Crippen LogP contribution in [0.5, 0.6) is 5.75 Å². The summed E-state index contributed by atoms with van der Waals surface area (Å²) >= 11 is 0. The Morgan fingerprint density at radius 2 is 2.29 bits per heavy atom. The molecule has 5 nitrogen and oxygen atoms in total. The fraction of sp³-hybridized carbons (Fsp3) is 0.500. The zero-order valence-electron chi connectivity index (χ0n) is 12.5. The van der Waals surface area contributed by atoms with Crippen molar-refractivity contribution in [3.63, 3.8) is 0 Å². The SMILES string of the molecule is CC(C)c1noc(COc2ccc3c(c2)CCCC3N)n1. The molecule has 1 aliphatic carbocycles. The Morgan fingerprint density at radius 3 is 3.05 bits per heavy atom. The van der Waals surface area contributed by atoms with Crippen molar-refractivity contribution in [2.24, 2.45) is 5.73 Å². The molecule has 0 fully saturated rings. The first-order valence-electron chi connectivity index (χ1n) is 7.47. The topological polar surface area (TPSA) is 74.2 Å². The molecule has 0 bridgehead atoms. The van der Waals surface area contributed by atoms with Crippen LogP contribution in [0.2, 0.25) is 0 Å². The minimum Gasteiger partial charge on any atom is -0.484 e. The monoisotopic (exact) mass is 287 g/mol. The van der Waals surface area contributed by atoms with Gasteiger partial charge in [-0.2, -0.15) is 4.98 Å². The second-order valence-electron chi connectivity index (χ2n) is 5.85. The van der Waals surface area contributed by atoms with Gasteiger partial charge in [-0.1, -0.05) is 25.1 Å². The summed E-state index contributed by atoms with van der Waals surface area (Å²) in [6.07, 6.45) is 3.27. The van der Waals surface area contributed by atoms with Gasteiger partial charge in [0.2, 0.25) is 0 Å². The van der Waals surface area contributed by atoms with Crippen molar-refractivity contribution in [1.29, 1.82) is 0 Å². The lowest BCUT2D eigenvalue weighted by atomic mass is 9.88. The Morgan fingerprint density at radius 1 is 1.43 bits per heavy atom. The van der Waals surface area contributed by atoms with Crippen LogP contribution in [0.4, 0.5) is 0 Å². The molecule has 3 rings (SSSR count). The maximum Gasteiger partial charge on any atom is 0.264 e. The zero-order chi connectivity index (χ0) is 14.8. The number of fused-ring (bicyclic) bond motifs is 1.